The van der Waals surface area contributed by atoms with Gasteiger partial charge in [-0.05, 0) is 19.9 Å². The largest absolute Gasteiger partial charge is 0.485 e. The minimum Gasteiger partial charge on any atom is -0.485 e. The molecule has 0 amide bonds. The number of hydrogen-bond donors (Lipinski definition) is 1. The van der Waals surface area contributed by atoms with Gasteiger partial charge >= 0.3 is 5.97 Å². The van der Waals surface area contributed by atoms with Crippen molar-refractivity contribution in [2.75, 3.05) is 6.61 Å². The van der Waals surface area contributed by atoms with Gasteiger partial charge in [-0.2, -0.15) is 0 Å². The Morgan fingerprint density at radius 2 is 2.20 bits per heavy atom. The van der Waals surface area contributed by atoms with Gasteiger partial charge in [0.15, 0.2) is 11.5 Å². The number of ether oxygens (including phenoxy) is 2. The van der Waals surface area contributed by atoms with E-state index in [4.69, 9.17) is 9.47 Å². The first-order valence-corrected chi connectivity index (χ1v) is 7.48. The molecule has 10 nitrogen and oxygen atoms in total. The molecule has 0 spiro atoms. The Kier molecular flexibility index (Phi) is 4.33. The third kappa shape index (κ3) is 3.13. The fourth-order valence-electron chi connectivity index (χ4n) is 2.36. The van der Waals surface area contributed by atoms with E-state index in [9.17, 15) is 14.9 Å². The second-order valence-electron chi connectivity index (χ2n) is 5.15. The number of esters is 1. The van der Waals surface area contributed by atoms with Gasteiger partial charge in [0.2, 0.25) is 0 Å². The molecule has 0 aliphatic carbocycles. The van der Waals surface area contributed by atoms with Crippen LogP contribution in [0.2, 0.25) is 0 Å². The third-order valence-electron chi connectivity index (χ3n) is 3.48. The van der Waals surface area contributed by atoms with E-state index in [0.717, 1.165) is 0 Å². The lowest BCUT2D eigenvalue weighted by Crippen LogP contribution is -2.05. The van der Waals surface area contributed by atoms with Crippen molar-refractivity contribution in [1.29, 1.82) is 0 Å². The normalized spacial score (nSPS) is 10.8. The summed E-state index contributed by atoms with van der Waals surface area (Å²) in [5.41, 5.74) is 1.19. The summed E-state index contributed by atoms with van der Waals surface area (Å²) in [4.78, 5) is 22.3. The maximum atomic E-state index is 12.0. The standard InChI is InChI=1S/C15H15N5O5/c1-3-24-15(21)13-9(2)18-19-12(16-17-14(13)19)8-25-11-6-4-5-10(7-11)20(22)23/h4-7,18H,3,8H2,1-2H3. The molecule has 0 bridgehead atoms. The molecule has 0 saturated carbocycles. The van der Waals surface area contributed by atoms with Crippen LogP contribution >= 0.6 is 0 Å². The molecule has 0 atom stereocenters. The Labute approximate surface area is 141 Å². The molecule has 3 aromatic rings. The highest BCUT2D eigenvalue weighted by Gasteiger charge is 2.22. The highest BCUT2D eigenvalue weighted by Crippen LogP contribution is 2.21. The number of nitro benzene ring substituents is 1. The lowest BCUT2D eigenvalue weighted by atomic mass is 10.2. The number of aromatic amines is 1. The van der Waals surface area contributed by atoms with Crippen LogP contribution in [0, 0.1) is 17.0 Å². The van der Waals surface area contributed by atoms with Crippen LogP contribution in [0.5, 0.6) is 5.75 Å². The predicted octanol–water partition coefficient (Wildman–Crippen LogP) is 2.03. The van der Waals surface area contributed by atoms with E-state index < -0.39 is 10.9 Å². The van der Waals surface area contributed by atoms with Gasteiger partial charge in [-0.25, -0.2) is 9.31 Å². The first-order chi connectivity index (χ1) is 12.0. The van der Waals surface area contributed by atoms with Gasteiger partial charge in [-0.3, -0.25) is 15.2 Å². The predicted molar refractivity (Wildman–Crippen MR) is 85.5 cm³/mol. The summed E-state index contributed by atoms with van der Waals surface area (Å²) < 4.78 is 12.1. The summed E-state index contributed by atoms with van der Waals surface area (Å²) in [6.07, 6.45) is 0. The minimum atomic E-state index is -0.498. The van der Waals surface area contributed by atoms with Crippen LogP contribution in [-0.2, 0) is 11.3 Å². The van der Waals surface area contributed by atoms with E-state index in [1.54, 1.807) is 19.9 Å². The third-order valence-corrected chi connectivity index (χ3v) is 3.48. The highest BCUT2D eigenvalue weighted by atomic mass is 16.6. The van der Waals surface area contributed by atoms with Crippen molar-refractivity contribution >= 4 is 17.3 Å². The zero-order valence-corrected chi connectivity index (χ0v) is 13.6. The second kappa shape index (κ2) is 6.59. The number of aromatic nitrogens is 4. The SMILES string of the molecule is CCOC(=O)c1c(C)[nH]n2c(COc3cccc([N+](=O)[O-])c3)nnc12. The van der Waals surface area contributed by atoms with E-state index in [1.165, 1.54) is 22.7 Å². The van der Waals surface area contributed by atoms with Crippen molar-refractivity contribution in [1.82, 2.24) is 19.8 Å². The first-order valence-electron chi connectivity index (χ1n) is 7.48. The van der Waals surface area contributed by atoms with Crippen molar-refractivity contribution < 1.29 is 19.2 Å². The Hall–Kier alpha value is -3.43. The summed E-state index contributed by atoms with van der Waals surface area (Å²) in [6.45, 7) is 3.72. The molecule has 2 heterocycles. The van der Waals surface area contributed by atoms with Gasteiger partial charge in [0.05, 0.1) is 17.6 Å². The topological polar surface area (TPSA) is 125 Å². The molecule has 25 heavy (non-hydrogen) atoms. The molecule has 10 heteroatoms. The fraction of sp³-hybridized carbons (Fsp3) is 0.267. The van der Waals surface area contributed by atoms with Gasteiger partial charge in [-0.1, -0.05) is 6.07 Å². The van der Waals surface area contributed by atoms with E-state index >= 15 is 0 Å². The number of non-ortho nitro benzene ring substituents is 1. The van der Waals surface area contributed by atoms with E-state index in [0.29, 0.717) is 28.5 Å². The van der Waals surface area contributed by atoms with Crippen LogP contribution in [0.3, 0.4) is 0 Å². The van der Waals surface area contributed by atoms with Gasteiger partial charge in [0, 0.05) is 11.8 Å². The van der Waals surface area contributed by atoms with Crippen LogP contribution in [0.15, 0.2) is 24.3 Å². The number of H-pyrrole nitrogens is 1. The number of benzene rings is 1. The quantitative estimate of drug-likeness (QED) is 0.411. The molecule has 0 radical (unpaired) electrons. The lowest BCUT2D eigenvalue weighted by molar-refractivity contribution is -0.384. The molecule has 130 valence electrons. The molecular weight excluding hydrogens is 330 g/mol. The Morgan fingerprint density at radius 3 is 2.92 bits per heavy atom. The van der Waals surface area contributed by atoms with Crippen LogP contribution in [0.25, 0.3) is 5.65 Å². The maximum absolute atomic E-state index is 12.0. The smallest absolute Gasteiger partial charge is 0.343 e. The van der Waals surface area contributed by atoms with Gasteiger partial charge < -0.3 is 9.47 Å². The zero-order valence-electron chi connectivity index (χ0n) is 13.6. The number of rotatable bonds is 6. The molecule has 1 N–H and O–H groups in total. The number of aryl methyl sites for hydroxylation is 1. The summed E-state index contributed by atoms with van der Waals surface area (Å²) in [5.74, 6) is 0.268. The summed E-state index contributed by atoms with van der Waals surface area (Å²) in [7, 11) is 0. The van der Waals surface area contributed by atoms with E-state index in [-0.39, 0.29) is 18.9 Å². The Morgan fingerprint density at radius 1 is 1.40 bits per heavy atom. The molecule has 0 saturated heterocycles. The monoisotopic (exact) mass is 345 g/mol. The molecule has 0 unspecified atom stereocenters. The van der Waals surface area contributed by atoms with Gasteiger partial charge in [-0.15, -0.1) is 10.2 Å². The number of nitro groups is 1. The number of carbonyl (C=O) groups is 1. The summed E-state index contributed by atoms with van der Waals surface area (Å²) in [5, 5.41) is 21.8. The average Bonchev–Trinajstić information content (AvgIpc) is 3.11. The molecule has 1 aromatic carbocycles. The average molecular weight is 345 g/mol. The second-order valence-corrected chi connectivity index (χ2v) is 5.15. The number of carbonyl (C=O) groups excluding carboxylic acids is 1. The molecule has 2 aromatic heterocycles. The number of hydrogen-bond acceptors (Lipinski definition) is 7. The van der Waals surface area contributed by atoms with Crippen LogP contribution < -0.4 is 4.74 Å². The molecule has 0 aliphatic rings. The van der Waals surface area contributed by atoms with Crippen molar-refractivity contribution in [2.24, 2.45) is 0 Å². The van der Waals surface area contributed by atoms with Gasteiger partial charge in [0.25, 0.3) is 5.69 Å². The number of nitrogens with one attached hydrogen (secondary N) is 1. The minimum absolute atomic E-state index is 0.0184. The molecule has 0 aliphatic heterocycles. The van der Waals surface area contributed by atoms with E-state index in [2.05, 4.69) is 15.3 Å². The zero-order chi connectivity index (χ0) is 18.0. The molecular formula is C15H15N5O5. The van der Waals surface area contributed by atoms with Crippen molar-refractivity contribution in [3.63, 3.8) is 0 Å². The highest BCUT2D eigenvalue weighted by molar-refractivity contribution is 5.97. The maximum Gasteiger partial charge on any atom is 0.343 e. The lowest BCUT2D eigenvalue weighted by Gasteiger charge is -2.03. The summed E-state index contributed by atoms with van der Waals surface area (Å²) in [6, 6.07) is 5.84. The van der Waals surface area contributed by atoms with Crippen molar-refractivity contribution in [3.05, 3.63) is 51.5 Å². The van der Waals surface area contributed by atoms with E-state index in [1.807, 2.05) is 0 Å². The Bertz CT molecular complexity index is 945. The Balaban J connectivity index is 1.83. The van der Waals surface area contributed by atoms with Crippen molar-refractivity contribution in [3.8, 4) is 5.75 Å². The first kappa shape index (κ1) is 16.4. The molecule has 3 rings (SSSR count). The van der Waals surface area contributed by atoms with Crippen LogP contribution in [0.1, 0.15) is 28.8 Å². The van der Waals surface area contributed by atoms with Crippen LogP contribution in [-0.4, -0.2) is 37.3 Å². The van der Waals surface area contributed by atoms with Crippen molar-refractivity contribution in [2.45, 2.75) is 20.5 Å². The number of fused-ring (bicyclic) bond motifs is 1. The number of nitrogens with zero attached hydrogens (tertiary/aromatic N) is 4. The fourth-order valence-corrected chi connectivity index (χ4v) is 2.36. The van der Waals surface area contributed by atoms with Gasteiger partial charge in [0.1, 0.15) is 17.9 Å². The van der Waals surface area contributed by atoms with Crippen LogP contribution in [0.4, 0.5) is 5.69 Å². The summed E-state index contributed by atoms with van der Waals surface area (Å²) >= 11 is 0. The molecule has 0 fully saturated rings.